The van der Waals surface area contributed by atoms with E-state index in [1.807, 2.05) is 12.4 Å². The minimum Gasteiger partial charge on any atom is -0.309 e. The topological polar surface area (TPSA) is 37.8 Å². The molecule has 0 aliphatic heterocycles. The number of hydrogen-bond donors (Lipinski definition) is 1. The molecule has 1 aromatic rings. The van der Waals surface area contributed by atoms with E-state index in [-0.39, 0.29) is 0 Å². The first kappa shape index (κ1) is 10.9. The largest absolute Gasteiger partial charge is 0.309 e. The fourth-order valence-electron chi connectivity index (χ4n) is 4.97. The maximum absolute atomic E-state index is 4.53. The highest BCUT2D eigenvalue weighted by atomic mass is 15.0. The van der Waals surface area contributed by atoms with E-state index < -0.39 is 0 Å². The number of aromatic nitrogens is 2. The molecule has 3 aliphatic rings. The van der Waals surface area contributed by atoms with E-state index in [1.165, 1.54) is 19.3 Å². The second-order valence-corrected chi connectivity index (χ2v) is 6.23. The lowest BCUT2D eigenvalue weighted by atomic mass is 9.95. The molecule has 0 aromatic carbocycles. The molecule has 3 aliphatic carbocycles. The van der Waals surface area contributed by atoms with Gasteiger partial charge in [-0.3, -0.25) is 9.97 Å². The van der Waals surface area contributed by atoms with Gasteiger partial charge in [0.25, 0.3) is 0 Å². The zero-order valence-electron chi connectivity index (χ0n) is 10.9. The zero-order valence-corrected chi connectivity index (χ0v) is 10.9. The molecule has 0 spiro atoms. The summed E-state index contributed by atoms with van der Waals surface area (Å²) in [4.78, 5) is 8.77. The maximum Gasteiger partial charge on any atom is 0.0759 e. The molecule has 5 atom stereocenters. The summed E-state index contributed by atoms with van der Waals surface area (Å²) in [5.74, 6) is 4.89. The molecule has 4 rings (SSSR count). The molecule has 1 heterocycles. The van der Waals surface area contributed by atoms with Crippen LogP contribution in [0.1, 0.15) is 37.9 Å². The van der Waals surface area contributed by atoms with E-state index in [0.29, 0.717) is 6.04 Å². The van der Waals surface area contributed by atoms with Crippen LogP contribution in [0.4, 0.5) is 0 Å². The molecular weight excluding hydrogens is 222 g/mol. The average molecular weight is 243 g/mol. The highest BCUT2D eigenvalue weighted by Crippen LogP contribution is 2.72. The van der Waals surface area contributed by atoms with Crippen molar-refractivity contribution in [1.82, 2.24) is 15.3 Å². The van der Waals surface area contributed by atoms with Crippen LogP contribution in [0.15, 0.2) is 18.6 Å². The molecule has 3 nitrogen and oxygen atoms in total. The van der Waals surface area contributed by atoms with E-state index >= 15 is 0 Å². The molecule has 5 unspecified atom stereocenters. The van der Waals surface area contributed by atoms with E-state index in [2.05, 4.69) is 22.2 Å². The van der Waals surface area contributed by atoms with Crippen LogP contribution in [0.3, 0.4) is 0 Å². The van der Waals surface area contributed by atoms with Crippen LogP contribution in [0.2, 0.25) is 0 Å². The van der Waals surface area contributed by atoms with Crippen molar-refractivity contribution in [3.8, 4) is 0 Å². The van der Waals surface area contributed by atoms with Gasteiger partial charge in [0.2, 0.25) is 0 Å². The monoisotopic (exact) mass is 243 g/mol. The second-order valence-electron chi connectivity index (χ2n) is 6.23. The third-order valence-corrected chi connectivity index (χ3v) is 5.51. The minimum absolute atomic E-state index is 0.446. The summed E-state index contributed by atoms with van der Waals surface area (Å²) in [6.07, 6.45) is 10.0. The van der Waals surface area contributed by atoms with Crippen molar-refractivity contribution in [3.63, 3.8) is 0 Å². The summed E-state index contributed by atoms with van der Waals surface area (Å²) in [5, 5.41) is 3.66. The van der Waals surface area contributed by atoms with E-state index in [4.69, 9.17) is 0 Å². The smallest absolute Gasteiger partial charge is 0.0759 e. The Labute approximate surface area is 108 Å². The van der Waals surface area contributed by atoms with Crippen molar-refractivity contribution in [2.24, 2.45) is 29.6 Å². The first-order valence-electron chi connectivity index (χ1n) is 7.39. The van der Waals surface area contributed by atoms with Crippen LogP contribution in [0, 0.1) is 29.6 Å². The number of fused-ring (bicyclic) bond motifs is 5. The lowest BCUT2D eigenvalue weighted by Gasteiger charge is -2.20. The molecular formula is C15H21N3. The van der Waals surface area contributed by atoms with Crippen LogP contribution in [-0.4, -0.2) is 16.5 Å². The van der Waals surface area contributed by atoms with Crippen molar-refractivity contribution in [3.05, 3.63) is 24.3 Å². The van der Waals surface area contributed by atoms with Gasteiger partial charge in [0.1, 0.15) is 0 Å². The first-order valence-corrected chi connectivity index (χ1v) is 7.39. The number of rotatable bonds is 4. The average Bonchev–Trinajstić information content (AvgIpc) is 2.83. The van der Waals surface area contributed by atoms with Crippen LogP contribution in [0.5, 0.6) is 0 Å². The van der Waals surface area contributed by atoms with Gasteiger partial charge in [-0.05, 0) is 55.4 Å². The van der Waals surface area contributed by atoms with Crippen LogP contribution >= 0.6 is 0 Å². The summed E-state index contributed by atoms with van der Waals surface area (Å²) < 4.78 is 0. The first-order chi connectivity index (χ1) is 8.90. The van der Waals surface area contributed by atoms with Gasteiger partial charge in [-0.1, -0.05) is 6.92 Å². The molecule has 3 heteroatoms. The van der Waals surface area contributed by atoms with Gasteiger partial charge in [0, 0.05) is 18.6 Å². The van der Waals surface area contributed by atoms with Crippen molar-refractivity contribution in [2.45, 2.75) is 32.2 Å². The molecule has 18 heavy (non-hydrogen) atoms. The third-order valence-electron chi connectivity index (χ3n) is 5.51. The van der Waals surface area contributed by atoms with Gasteiger partial charge in [0.05, 0.1) is 11.7 Å². The maximum atomic E-state index is 4.53. The molecule has 0 amide bonds. The lowest BCUT2D eigenvalue weighted by molar-refractivity contribution is 0.369. The lowest BCUT2D eigenvalue weighted by Crippen LogP contribution is -2.26. The molecule has 3 saturated carbocycles. The quantitative estimate of drug-likeness (QED) is 0.882. The molecule has 1 N–H and O–H groups in total. The van der Waals surface area contributed by atoms with Crippen molar-refractivity contribution in [1.29, 1.82) is 0 Å². The van der Waals surface area contributed by atoms with Crippen LogP contribution in [-0.2, 0) is 0 Å². The van der Waals surface area contributed by atoms with E-state index in [0.717, 1.165) is 41.8 Å². The van der Waals surface area contributed by atoms with Crippen molar-refractivity contribution in [2.75, 3.05) is 6.54 Å². The van der Waals surface area contributed by atoms with Gasteiger partial charge >= 0.3 is 0 Å². The van der Waals surface area contributed by atoms with Gasteiger partial charge in [-0.2, -0.15) is 0 Å². The Hall–Kier alpha value is -0.960. The molecule has 96 valence electrons. The van der Waals surface area contributed by atoms with Gasteiger partial charge < -0.3 is 5.32 Å². The van der Waals surface area contributed by atoms with Crippen LogP contribution in [0.25, 0.3) is 0 Å². The fraction of sp³-hybridized carbons (Fsp3) is 0.733. The summed E-state index contributed by atoms with van der Waals surface area (Å²) in [7, 11) is 0. The van der Waals surface area contributed by atoms with Gasteiger partial charge in [0.15, 0.2) is 0 Å². The standard InChI is InChI=1S/C15H21N3/c1-2-17-15(11-8-16-5-6-18-11)14-12-9-3-4-10(7-9)13(12)14/h5-6,8-10,12-15,17H,2-4,7H2,1H3. The summed E-state index contributed by atoms with van der Waals surface area (Å²) in [6.45, 7) is 3.21. The Morgan fingerprint density at radius 1 is 1.28 bits per heavy atom. The highest BCUT2D eigenvalue weighted by molar-refractivity contribution is 5.20. The van der Waals surface area contributed by atoms with E-state index in [9.17, 15) is 0 Å². The predicted octanol–water partition coefficient (Wildman–Crippen LogP) is 2.42. The molecule has 0 radical (unpaired) electrons. The second kappa shape index (κ2) is 4.02. The van der Waals surface area contributed by atoms with Crippen LogP contribution < -0.4 is 5.32 Å². The van der Waals surface area contributed by atoms with Crippen molar-refractivity contribution < 1.29 is 0 Å². The van der Waals surface area contributed by atoms with Crippen molar-refractivity contribution >= 4 is 0 Å². The summed E-state index contributed by atoms with van der Waals surface area (Å²) in [6, 6.07) is 0.446. The zero-order chi connectivity index (χ0) is 12.1. The molecule has 0 saturated heterocycles. The Morgan fingerprint density at radius 2 is 2.06 bits per heavy atom. The van der Waals surface area contributed by atoms with Gasteiger partial charge in [-0.15, -0.1) is 0 Å². The Balaban J connectivity index is 1.58. The minimum atomic E-state index is 0.446. The number of nitrogens with zero attached hydrogens (tertiary/aromatic N) is 2. The third kappa shape index (κ3) is 1.46. The Morgan fingerprint density at radius 3 is 2.67 bits per heavy atom. The summed E-state index contributed by atoms with van der Waals surface area (Å²) >= 11 is 0. The summed E-state index contributed by atoms with van der Waals surface area (Å²) in [5.41, 5.74) is 1.15. The Bertz CT molecular complexity index is 417. The normalized spacial score (nSPS) is 41.7. The highest BCUT2D eigenvalue weighted by Gasteiger charge is 2.66. The number of nitrogens with one attached hydrogen (secondary N) is 1. The molecule has 2 bridgehead atoms. The predicted molar refractivity (Wildman–Crippen MR) is 69.8 cm³/mol. The molecule has 1 aromatic heterocycles. The number of hydrogen-bond acceptors (Lipinski definition) is 3. The fourth-order valence-corrected chi connectivity index (χ4v) is 4.97. The van der Waals surface area contributed by atoms with E-state index in [1.54, 1.807) is 6.20 Å². The SMILES string of the molecule is CCNC(c1cnccn1)C1C2C3CCC(C3)C21. The molecule has 3 fully saturated rings. The van der Waals surface area contributed by atoms with Gasteiger partial charge in [-0.25, -0.2) is 0 Å². The Kier molecular flexibility index (Phi) is 2.44.